The van der Waals surface area contributed by atoms with Crippen molar-refractivity contribution >= 4 is 32.3 Å². The molecule has 0 bridgehead atoms. The fourth-order valence-corrected chi connectivity index (χ4v) is 10.0. The van der Waals surface area contributed by atoms with Crippen LogP contribution in [0, 0.1) is 0 Å². The molecule has 2 unspecified atom stereocenters. The van der Waals surface area contributed by atoms with Crippen LogP contribution < -0.4 is 0 Å². The van der Waals surface area contributed by atoms with E-state index >= 15 is 0 Å². The molecule has 13 heteroatoms. The predicted molar refractivity (Wildman–Crippen MR) is 288 cm³/mol. The first-order valence-corrected chi connectivity index (χ1v) is 31.3. The Bertz CT molecular complexity index is 1710. The van der Waals surface area contributed by atoms with Gasteiger partial charge in [0.2, 0.25) is 0 Å². The molecule has 0 amide bonds. The summed E-state index contributed by atoms with van der Waals surface area (Å²) < 4.78 is 84.5. The van der Waals surface area contributed by atoms with Crippen LogP contribution in [0.1, 0.15) is 244 Å². The maximum absolute atomic E-state index is 11.3. The third-order valence-corrected chi connectivity index (χ3v) is 14.4. The van der Waals surface area contributed by atoms with E-state index in [4.69, 9.17) is 8.43 Å². The van der Waals surface area contributed by atoms with Gasteiger partial charge in [0.25, 0.3) is 10.1 Å². The Kier molecular flexibility index (Phi) is 51.0. The molecule has 0 aliphatic carbocycles. The van der Waals surface area contributed by atoms with Crippen molar-refractivity contribution in [1.82, 2.24) is 0 Å². The van der Waals surface area contributed by atoms with Crippen LogP contribution in [-0.2, 0) is 75.3 Å². The van der Waals surface area contributed by atoms with Gasteiger partial charge >= 0.3 is 23.7 Å². The molecule has 2 N–H and O–H groups in total. The number of aliphatic hydroxyl groups is 1. The number of hydrogen-bond donors (Lipinski definition) is 2. The van der Waals surface area contributed by atoms with Gasteiger partial charge in [0, 0.05) is 15.9 Å². The number of aryl methyl sites for hydroxylation is 3. The van der Waals surface area contributed by atoms with Crippen molar-refractivity contribution in [2.24, 2.45) is 0 Å². The first-order valence-electron chi connectivity index (χ1n) is 27.1. The normalized spacial score (nSPS) is 11.8. The molecule has 0 saturated heterocycles. The first kappa shape index (κ1) is 70.3. The zero-order valence-corrected chi connectivity index (χ0v) is 48.3. The molecule has 9 nitrogen and oxygen atoms in total. The van der Waals surface area contributed by atoms with Gasteiger partial charge in [0.15, 0.2) is 0 Å². The number of aliphatic hydroxyl groups excluding tert-OH is 1. The second-order valence-corrected chi connectivity index (χ2v) is 21.9. The summed E-state index contributed by atoms with van der Waals surface area (Å²) in [6, 6.07) is 21.4. The topological polar surface area (TPSA) is 172 Å². The Morgan fingerprint density at radius 1 is 0.429 bits per heavy atom. The minimum absolute atomic E-state index is 0.0610. The van der Waals surface area contributed by atoms with E-state index in [0.29, 0.717) is 16.2 Å². The molecule has 0 aliphatic rings. The number of rotatable bonds is 36. The Hall–Kier alpha value is -1.74. The third-order valence-electron chi connectivity index (χ3n) is 12.0. The molecule has 3 rings (SSSR count). The van der Waals surface area contributed by atoms with Crippen LogP contribution in [0.15, 0.2) is 87.5 Å². The van der Waals surface area contributed by atoms with Gasteiger partial charge in [-0.1, -0.05) is 249 Å². The molecule has 0 fully saturated rings. The number of benzene rings is 3. The minimum atomic E-state index is -4.10. The average Bonchev–Trinajstić information content (AvgIpc) is 3.34. The quantitative estimate of drug-likeness (QED) is 0.0249. The fourth-order valence-electron chi connectivity index (χ4n) is 8.12. The maximum atomic E-state index is 11.3. The Labute approximate surface area is 445 Å². The SMILES string of the molecule is CC(C)O.CCCCCCCCCCCCc1ccccc1S(=O)(=O)O.CCCCCCCCCCCCc1ccccc1S(=O)[O-].CCCCCCCCCCCCc1ccccc1S(=O)[O-].[O]=[Ti+2]. The van der Waals surface area contributed by atoms with Gasteiger partial charge in [-0.05, 0) is 109 Å². The van der Waals surface area contributed by atoms with Gasteiger partial charge in [0.1, 0.15) is 0 Å². The molecular formula is C57H96O9S3Ti. The molecular weight excluding hydrogens is 973 g/mol. The van der Waals surface area contributed by atoms with Crippen LogP contribution in [0.4, 0.5) is 0 Å². The second kappa shape index (κ2) is 50.8. The summed E-state index contributed by atoms with van der Waals surface area (Å²) in [6.07, 6.45) is 41.0. The van der Waals surface area contributed by atoms with E-state index in [1.807, 2.05) is 30.3 Å². The molecule has 0 heterocycles. The predicted octanol–water partition coefficient (Wildman–Crippen LogP) is 16.4. The van der Waals surface area contributed by atoms with Crippen molar-refractivity contribution in [3.05, 3.63) is 89.5 Å². The molecule has 0 aliphatic heterocycles. The van der Waals surface area contributed by atoms with E-state index in [1.54, 1.807) is 50.2 Å². The Morgan fingerprint density at radius 2 is 0.643 bits per heavy atom. The van der Waals surface area contributed by atoms with Crippen LogP contribution in [0.2, 0.25) is 0 Å². The zero-order chi connectivity index (χ0) is 52.5. The monoisotopic (exact) mass is 1070 g/mol. The van der Waals surface area contributed by atoms with Crippen molar-refractivity contribution in [3.8, 4) is 0 Å². The van der Waals surface area contributed by atoms with E-state index in [9.17, 15) is 30.5 Å². The average molecular weight is 1070 g/mol. The van der Waals surface area contributed by atoms with E-state index in [0.717, 1.165) is 75.6 Å². The summed E-state index contributed by atoms with van der Waals surface area (Å²) in [7, 11) is -4.10. The van der Waals surface area contributed by atoms with Crippen molar-refractivity contribution in [2.75, 3.05) is 0 Å². The van der Waals surface area contributed by atoms with E-state index in [2.05, 4.69) is 20.8 Å². The second-order valence-electron chi connectivity index (χ2n) is 18.7. The third kappa shape index (κ3) is 42.7. The summed E-state index contributed by atoms with van der Waals surface area (Å²) in [6.45, 7) is 10.2. The van der Waals surface area contributed by atoms with E-state index < -0.39 is 32.3 Å². The molecule has 3 aromatic rings. The van der Waals surface area contributed by atoms with Crippen LogP contribution in [0.3, 0.4) is 0 Å². The molecule has 0 radical (unpaired) electrons. The molecule has 0 saturated carbocycles. The fraction of sp³-hybridized carbons (Fsp3) is 0.684. The molecule has 0 spiro atoms. The summed E-state index contributed by atoms with van der Waals surface area (Å²) in [5.74, 6) is 0. The molecule has 70 heavy (non-hydrogen) atoms. The standard InChI is InChI=1S/C18H30O3S.2C18H30O2S.C3H8O.O.Ti/c1-2-3-4-5-6-7-8-9-10-11-14-17-15-12-13-16-18(17)22(19,20)21;2*1-2-3-4-5-6-7-8-9-10-11-14-17-15-12-13-16-18(17)21(19)20;1-3(2)4;;/h12-13,15-16H,2-11,14H2,1H3,(H,19,20,21);2*12-13,15-16H,2-11,14H2,1H3,(H,19,20);3-4H,1-2H3;;/q;;;;;+2/p-2. The van der Waals surface area contributed by atoms with Gasteiger partial charge in [-0.3, -0.25) is 13.0 Å². The molecule has 3 aromatic carbocycles. The van der Waals surface area contributed by atoms with Gasteiger partial charge in [-0.15, -0.1) is 0 Å². The summed E-state index contributed by atoms with van der Waals surface area (Å²) in [5.41, 5.74) is 2.65. The Balaban J connectivity index is 0. The Morgan fingerprint density at radius 3 is 0.900 bits per heavy atom. The van der Waals surface area contributed by atoms with Gasteiger partial charge in [-0.2, -0.15) is 8.42 Å². The van der Waals surface area contributed by atoms with Crippen molar-refractivity contribution in [2.45, 2.75) is 267 Å². The van der Waals surface area contributed by atoms with Gasteiger partial charge in [-0.25, -0.2) is 0 Å². The summed E-state index contributed by atoms with van der Waals surface area (Å²) >= 11 is -3.46. The summed E-state index contributed by atoms with van der Waals surface area (Å²) in [5, 5.41) is 8.06. The van der Waals surface area contributed by atoms with Crippen molar-refractivity contribution in [3.63, 3.8) is 0 Å². The van der Waals surface area contributed by atoms with Crippen LogP contribution in [0.25, 0.3) is 0 Å². The number of unbranched alkanes of at least 4 members (excludes halogenated alkanes) is 27. The zero-order valence-electron chi connectivity index (χ0n) is 44.3. The van der Waals surface area contributed by atoms with Crippen molar-refractivity contribution in [1.29, 1.82) is 0 Å². The number of hydrogen-bond acceptors (Lipinski definition) is 8. The molecule has 400 valence electrons. The van der Waals surface area contributed by atoms with Crippen molar-refractivity contribution < 1.29 is 59.3 Å². The van der Waals surface area contributed by atoms with Gasteiger partial charge in [0.05, 0.1) is 4.90 Å². The first-order chi connectivity index (χ1) is 33.8. The molecule has 0 aromatic heterocycles. The summed E-state index contributed by atoms with van der Waals surface area (Å²) in [4.78, 5) is 0.993. The van der Waals surface area contributed by atoms with Crippen LogP contribution >= 0.6 is 0 Å². The molecule has 2 atom stereocenters. The van der Waals surface area contributed by atoms with E-state index in [1.165, 1.54) is 173 Å². The van der Waals surface area contributed by atoms with Crippen LogP contribution in [-0.4, -0.2) is 41.7 Å². The van der Waals surface area contributed by atoms with Gasteiger partial charge < -0.3 is 14.2 Å². The van der Waals surface area contributed by atoms with Crippen LogP contribution in [0.5, 0.6) is 0 Å². The van der Waals surface area contributed by atoms with E-state index in [-0.39, 0.29) is 11.0 Å².